The van der Waals surface area contributed by atoms with Gasteiger partial charge in [-0.1, -0.05) is 11.6 Å². The molecule has 4 rings (SSSR count). The van der Waals surface area contributed by atoms with Crippen LogP contribution >= 0.6 is 11.6 Å². The third kappa shape index (κ3) is 3.91. The molecule has 0 aliphatic carbocycles. The van der Waals surface area contributed by atoms with E-state index in [1.165, 1.54) is 24.3 Å². The number of aromatic nitrogens is 1. The first-order valence-corrected chi connectivity index (χ1v) is 10.1. The molecule has 1 atom stereocenters. The summed E-state index contributed by atoms with van der Waals surface area (Å²) in [5.41, 5.74) is 0.336. The Kier molecular flexibility index (Phi) is 5.60. The van der Waals surface area contributed by atoms with Crippen LogP contribution in [0.15, 0.2) is 35.1 Å². The molecule has 0 fully saturated rings. The normalized spacial score (nSPS) is 15.5. The maximum absolute atomic E-state index is 14.5. The molecule has 0 saturated carbocycles. The molecule has 10 heteroatoms. The van der Waals surface area contributed by atoms with Gasteiger partial charge >= 0.3 is 5.97 Å². The number of carboxylic acid groups (broad SMARTS) is 1. The molecule has 1 unspecified atom stereocenters. The standard InChI is InChI=1S/C22H18ClF2N3O4/c1-10-20-11(4-13(24)7-15(20)23)2-3-28(10)19(29)9-26-17-5-12-6-18(22(31)32)27-21(30)14(12)8-16(17)25/h4-8,10,26H,2-3,9H2,1H3,(H,27,30)(H,31,32). The second kappa shape index (κ2) is 8.23. The number of aromatic carboxylic acids is 1. The Labute approximate surface area is 185 Å². The molecular formula is C22H18ClF2N3O4. The first-order chi connectivity index (χ1) is 15.2. The van der Waals surface area contributed by atoms with Crippen molar-refractivity contribution in [2.75, 3.05) is 18.4 Å². The van der Waals surface area contributed by atoms with Crippen molar-refractivity contribution in [3.63, 3.8) is 0 Å². The summed E-state index contributed by atoms with van der Waals surface area (Å²) in [4.78, 5) is 39.8. The molecule has 0 radical (unpaired) electrons. The Balaban J connectivity index is 1.55. The van der Waals surface area contributed by atoms with E-state index in [0.717, 1.165) is 11.6 Å². The molecule has 3 aromatic rings. The highest BCUT2D eigenvalue weighted by Crippen LogP contribution is 2.35. The van der Waals surface area contributed by atoms with Gasteiger partial charge in [0.2, 0.25) is 5.91 Å². The van der Waals surface area contributed by atoms with Crippen LogP contribution in [0, 0.1) is 11.6 Å². The third-order valence-electron chi connectivity index (χ3n) is 5.60. The van der Waals surface area contributed by atoms with Crippen molar-refractivity contribution in [2.45, 2.75) is 19.4 Å². The smallest absolute Gasteiger partial charge is 0.352 e. The van der Waals surface area contributed by atoms with E-state index in [0.29, 0.717) is 18.5 Å². The van der Waals surface area contributed by atoms with Crippen molar-refractivity contribution in [3.8, 4) is 0 Å². The van der Waals surface area contributed by atoms with Gasteiger partial charge in [0.25, 0.3) is 5.56 Å². The number of nitrogens with zero attached hydrogens (tertiary/aromatic N) is 1. The Hall–Kier alpha value is -3.46. The van der Waals surface area contributed by atoms with Gasteiger partial charge in [-0.15, -0.1) is 0 Å². The summed E-state index contributed by atoms with van der Waals surface area (Å²) in [5, 5.41) is 12.3. The van der Waals surface area contributed by atoms with Gasteiger partial charge in [0.05, 0.1) is 23.7 Å². The lowest BCUT2D eigenvalue weighted by Crippen LogP contribution is -2.42. The lowest BCUT2D eigenvalue weighted by molar-refractivity contribution is -0.131. The SMILES string of the molecule is CC1c2c(Cl)cc(F)cc2CCN1C(=O)CNc1cc2cc(C(=O)O)[nH]c(=O)c2cc1F. The topological polar surface area (TPSA) is 102 Å². The predicted molar refractivity (Wildman–Crippen MR) is 115 cm³/mol. The van der Waals surface area contributed by atoms with Gasteiger partial charge in [-0.25, -0.2) is 13.6 Å². The molecule has 7 nitrogen and oxygen atoms in total. The van der Waals surface area contributed by atoms with E-state index in [2.05, 4.69) is 10.3 Å². The average molecular weight is 462 g/mol. The Morgan fingerprint density at radius 1 is 1.25 bits per heavy atom. The number of benzene rings is 2. The van der Waals surface area contributed by atoms with Crippen LogP contribution in [0.25, 0.3) is 10.8 Å². The fourth-order valence-corrected chi connectivity index (χ4v) is 4.44. The van der Waals surface area contributed by atoms with Crippen LogP contribution in [-0.4, -0.2) is 40.0 Å². The minimum Gasteiger partial charge on any atom is -0.477 e. The van der Waals surface area contributed by atoms with Crippen LogP contribution in [0.5, 0.6) is 0 Å². The van der Waals surface area contributed by atoms with Gasteiger partial charge in [-0.3, -0.25) is 9.59 Å². The number of carbonyl (C=O) groups excluding carboxylic acids is 1. The van der Waals surface area contributed by atoms with Crippen molar-refractivity contribution in [3.05, 3.63) is 74.2 Å². The van der Waals surface area contributed by atoms with Gasteiger partial charge in [-0.2, -0.15) is 0 Å². The first kappa shape index (κ1) is 21.8. The number of aromatic amines is 1. The molecule has 166 valence electrons. The Morgan fingerprint density at radius 3 is 2.72 bits per heavy atom. The number of carbonyl (C=O) groups is 2. The van der Waals surface area contributed by atoms with Crippen molar-refractivity contribution in [1.82, 2.24) is 9.88 Å². The van der Waals surface area contributed by atoms with Gasteiger partial charge in [-0.05, 0) is 60.2 Å². The molecule has 0 saturated heterocycles. The summed E-state index contributed by atoms with van der Waals surface area (Å²) < 4.78 is 28.1. The molecular weight excluding hydrogens is 444 g/mol. The molecule has 2 heterocycles. The zero-order valence-electron chi connectivity index (χ0n) is 16.8. The maximum atomic E-state index is 14.5. The fraction of sp³-hybridized carbons (Fsp3) is 0.227. The lowest BCUT2D eigenvalue weighted by Gasteiger charge is -2.36. The van der Waals surface area contributed by atoms with E-state index in [4.69, 9.17) is 16.7 Å². The van der Waals surface area contributed by atoms with Crippen molar-refractivity contribution in [1.29, 1.82) is 0 Å². The average Bonchev–Trinajstić information content (AvgIpc) is 2.72. The monoisotopic (exact) mass is 461 g/mol. The fourth-order valence-electron chi connectivity index (χ4n) is 4.05. The van der Waals surface area contributed by atoms with Crippen molar-refractivity contribution < 1.29 is 23.5 Å². The highest BCUT2D eigenvalue weighted by atomic mass is 35.5. The first-order valence-electron chi connectivity index (χ1n) is 9.76. The van der Waals surface area contributed by atoms with Crippen LogP contribution < -0.4 is 10.9 Å². The maximum Gasteiger partial charge on any atom is 0.352 e. The zero-order valence-corrected chi connectivity index (χ0v) is 17.6. The molecule has 32 heavy (non-hydrogen) atoms. The highest BCUT2D eigenvalue weighted by Gasteiger charge is 2.29. The van der Waals surface area contributed by atoms with Crippen LogP contribution in [-0.2, 0) is 11.2 Å². The number of carboxylic acids is 1. The number of anilines is 1. The summed E-state index contributed by atoms with van der Waals surface area (Å²) >= 11 is 6.20. The predicted octanol–water partition coefficient (Wildman–Crippen LogP) is 3.72. The van der Waals surface area contributed by atoms with Crippen LogP contribution in [0.3, 0.4) is 0 Å². The number of rotatable bonds is 4. The molecule has 0 spiro atoms. The number of fused-ring (bicyclic) bond motifs is 2. The molecule has 3 N–H and O–H groups in total. The largest absolute Gasteiger partial charge is 0.477 e. The Morgan fingerprint density at radius 2 is 2.00 bits per heavy atom. The quantitative estimate of drug-likeness (QED) is 0.549. The van der Waals surface area contributed by atoms with E-state index < -0.39 is 23.2 Å². The highest BCUT2D eigenvalue weighted by molar-refractivity contribution is 6.31. The van der Waals surface area contributed by atoms with Crippen LogP contribution in [0.2, 0.25) is 5.02 Å². The number of amides is 1. The van der Waals surface area contributed by atoms with E-state index in [9.17, 15) is 23.2 Å². The van der Waals surface area contributed by atoms with E-state index in [-0.39, 0.29) is 45.7 Å². The number of hydrogen-bond acceptors (Lipinski definition) is 4. The molecule has 0 bridgehead atoms. The van der Waals surface area contributed by atoms with Crippen LogP contribution in [0.4, 0.5) is 14.5 Å². The number of hydrogen-bond donors (Lipinski definition) is 3. The summed E-state index contributed by atoms with van der Waals surface area (Å²) in [5.74, 6) is -2.83. The number of halogens is 3. The molecule has 2 aromatic carbocycles. The summed E-state index contributed by atoms with van der Waals surface area (Å²) in [6.45, 7) is 1.90. The van der Waals surface area contributed by atoms with E-state index in [1.54, 1.807) is 11.8 Å². The van der Waals surface area contributed by atoms with Gasteiger partial charge < -0.3 is 20.3 Å². The number of H-pyrrole nitrogens is 1. The number of nitrogens with one attached hydrogen (secondary N) is 2. The number of pyridine rings is 1. The minimum absolute atomic E-state index is 0.00693. The molecule has 1 aromatic heterocycles. The summed E-state index contributed by atoms with van der Waals surface area (Å²) in [6.07, 6.45) is 0.438. The lowest BCUT2D eigenvalue weighted by atomic mass is 9.93. The van der Waals surface area contributed by atoms with Gasteiger partial charge in [0.1, 0.15) is 17.3 Å². The molecule has 1 amide bonds. The second-order valence-corrected chi connectivity index (χ2v) is 7.97. The minimum atomic E-state index is -1.32. The van der Waals surface area contributed by atoms with Gasteiger partial charge in [0, 0.05) is 11.6 Å². The third-order valence-corrected chi connectivity index (χ3v) is 5.91. The van der Waals surface area contributed by atoms with E-state index in [1.807, 2.05) is 0 Å². The van der Waals surface area contributed by atoms with Crippen LogP contribution in [0.1, 0.15) is 34.6 Å². The summed E-state index contributed by atoms with van der Waals surface area (Å²) in [7, 11) is 0. The summed E-state index contributed by atoms with van der Waals surface area (Å²) in [6, 6.07) is 5.72. The van der Waals surface area contributed by atoms with Crippen molar-refractivity contribution >= 4 is 39.9 Å². The molecule has 1 aliphatic heterocycles. The van der Waals surface area contributed by atoms with Gasteiger partial charge in [0.15, 0.2) is 0 Å². The van der Waals surface area contributed by atoms with E-state index >= 15 is 0 Å². The zero-order chi connectivity index (χ0) is 23.2. The Bertz CT molecular complexity index is 1320. The van der Waals surface area contributed by atoms with Crippen molar-refractivity contribution in [2.24, 2.45) is 0 Å². The molecule has 1 aliphatic rings. The second-order valence-electron chi connectivity index (χ2n) is 7.56.